The van der Waals surface area contributed by atoms with Gasteiger partial charge in [0, 0.05) is 9.05 Å². The van der Waals surface area contributed by atoms with Gasteiger partial charge in [-0.05, 0) is 50.1 Å². The summed E-state index contributed by atoms with van der Waals surface area (Å²) in [6, 6.07) is 4.62. The summed E-state index contributed by atoms with van der Waals surface area (Å²) in [6.07, 6.45) is 1.01. The van der Waals surface area contributed by atoms with Gasteiger partial charge in [-0.15, -0.1) is 0 Å². The molecule has 1 atom stereocenters. The van der Waals surface area contributed by atoms with E-state index in [0.29, 0.717) is 11.4 Å². The molecule has 9 heteroatoms. The average Bonchev–Trinajstić information content (AvgIpc) is 2.61. The molecule has 2 aromatic heterocycles. The number of aromatic nitrogens is 2. The molecule has 150 valence electrons. The number of aldehydes is 1. The van der Waals surface area contributed by atoms with Crippen LogP contribution in [0.25, 0.3) is 0 Å². The number of nitrogen functional groups attached to an aromatic ring is 1. The fourth-order valence-corrected chi connectivity index (χ4v) is 2.06. The lowest BCUT2D eigenvalue weighted by Crippen LogP contribution is -2.27. The molecule has 1 amide bonds. The Morgan fingerprint density at radius 1 is 1.41 bits per heavy atom. The van der Waals surface area contributed by atoms with E-state index in [1.54, 1.807) is 32.2 Å². The third-order valence-corrected chi connectivity index (χ3v) is 3.31. The first-order valence-corrected chi connectivity index (χ1v) is 8.08. The number of nitrogens with zero attached hydrogens (tertiary/aromatic N) is 2. The van der Waals surface area contributed by atoms with Gasteiger partial charge in [-0.2, -0.15) is 0 Å². The monoisotopic (exact) mass is 384 g/mol. The molecule has 0 fully saturated rings. The van der Waals surface area contributed by atoms with Gasteiger partial charge < -0.3 is 20.6 Å². The highest BCUT2D eigenvalue weighted by atomic mass is 19.3. The van der Waals surface area contributed by atoms with Gasteiger partial charge in [0.2, 0.25) is 0 Å². The Morgan fingerprint density at radius 3 is 2.63 bits per heavy atom. The minimum atomic E-state index is -2.57. The number of carbonyl (C=O) groups is 2. The third kappa shape index (κ3) is 7.35. The van der Waals surface area contributed by atoms with E-state index in [-0.39, 0.29) is 26.2 Å². The number of ether oxygens (including phenoxy) is 1. The number of hydrogen-bond acceptors (Lipinski definition) is 6. The number of alkyl halides is 2. The molecule has 0 saturated heterocycles. The number of nitrogens with two attached hydrogens (primary N) is 1. The van der Waals surface area contributed by atoms with Crippen LogP contribution in [0.4, 0.5) is 14.6 Å². The Balaban J connectivity index is 0. The molecule has 2 aromatic rings. The summed E-state index contributed by atoms with van der Waals surface area (Å²) < 4.78 is 29.3. The van der Waals surface area contributed by atoms with Gasteiger partial charge in [0.25, 0.3) is 12.3 Å². The van der Waals surface area contributed by atoms with Crippen molar-refractivity contribution in [1.29, 1.82) is 0 Å². The van der Waals surface area contributed by atoms with E-state index >= 15 is 0 Å². The minimum absolute atomic E-state index is 0. The highest BCUT2D eigenvalue weighted by molar-refractivity contribution is 5.92. The first kappa shape index (κ1) is 21.9. The minimum Gasteiger partial charge on any atom is -0.486 e. The van der Waals surface area contributed by atoms with Crippen LogP contribution in [0.1, 0.15) is 44.4 Å². The van der Waals surface area contributed by atoms with Crippen LogP contribution in [0.2, 0.25) is 0 Å². The lowest BCUT2D eigenvalue weighted by Gasteiger charge is -2.15. The molecule has 0 saturated carbocycles. The van der Waals surface area contributed by atoms with Crippen LogP contribution in [0, 0.1) is 6.92 Å². The summed E-state index contributed by atoms with van der Waals surface area (Å²) in [4.78, 5) is 28.9. The van der Waals surface area contributed by atoms with Gasteiger partial charge in [0.1, 0.15) is 30.2 Å². The van der Waals surface area contributed by atoms with Crippen molar-refractivity contribution in [2.75, 3.05) is 12.3 Å². The molecule has 1 unspecified atom stereocenters. The van der Waals surface area contributed by atoms with Crippen molar-refractivity contribution in [1.82, 2.24) is 15.3 Å². The van der Waals surface area contributed by atoms with Crippen LogP contribution < -0.4 is 15.8 Å². The second-order valence-electron chi connectivity index (χ2n) is 5.48. The van der Waals surface area contributed by atoms with Gasteiger partial charge in [0.05, 0.1) is 12.2 Å². The Kier molecular flexibility index (Phi) is 8.77. The molecule has 2 heterocycles. The van der Waals surface area contributed by atoms with Crippen molar-refractivity contribution < 1.29 is 26.0 Å². The number of hydrogen-bond donors (Lipinski definition) is 2. The fourth-order valence-electron chi connectivity index (χ4n) is 2.06. The first-order chi connectivity index (χ1) is 12.8. The summed E-state index contributed by atoms with van der Waals surface area (Å²) in [5.74, 6) is 0.200. The SMILES string of the molecule is CC=O.Cc1cc(C(=O)NC(C)c2ccnc(N)c2)ncc1OCC(F)F.[HH].[HH]. The zero-order valence-corrected chi connectivity index (χ0v) is 15.3. The van der Waals surface area contributed by atoms with E-state index < -0.39 is 13.0 Å². The molecule has 0 aromatic carbocycles. The van der Waals surface area contributed by atoms with Gasteiger partial charge in [0.15, 0.2) is 0 Å². The van der Waals surface area contributed by atoms with Crippen LogP contribution in [-0.4, -0.2) is 35.2 Å². The molecule has 0 bridgehead atoms. The average molecular weight is 384 g/mol. The van der Waals surface area contributed by atoms with Crippen LogP contribution in [-0.2, 0) is 4.79 Å². The molecular formula is C18H26F2N4O3. The maximum atomic E-state index is 12.3. The van der Waals surface area contributed by atoms with Gasteiger partial charge in [-0.3, -0.25) is 4.79 Å². The number of amides is 1. The zero-order valence-electron chi connectivity index (χ0n) is 15.3. The molecular weight excluding hydrogens is 358 g/mol. The first-order valence-electron chi connectivity index (χ1n) is 8.08. The second-order valence-corrected chi connectivity index (χ2v) is 5.48. The molecule has 0 radical (unpaired) electrons. The quantitative estimate of drug-likeness (QED) is 0.741. The molecule has 0 spiro atoms. The summed E-state index contributed by atoms with van der Waals surface area (Å²) in [5, 5.41) is 2.79. The summed E-state index contributed by atoms with van der Waals surface area (Å²) in [7, 11) is 0. The molecule has 0 aliphatic carbocycles. The maximum absolute atomic E-state index is 12.3. The highest BCUT2D eigenvalue weighted by Crippen LogP contribution is 2.19. The number of rotatable bonds is 6. The lowest BCUT2D eigenvalue weighted by atomic mass is 10.1. The Morgan fingerprint density at radius 2 is 2.07 bits per heavy atom. The topological polar surface area (TPSA) is 107 Å². The summed E-state index contributed by atoms with van der Waals surface area (Å²) in [5.41, 5.74) is 7.16. The van der Waals surface area contributed by atoms with Crippen molar-refractivity contribution in [2.45, 2.75) is 33.2 Å². The number of anilines is 1. The van der Waals surface area contributed by atoms with E-state index in [1.165, 1.54) is 19.2 Å². The molecule has 2 rings (SSSR count). The van der Waals surface area contributed by atoms with Crippen LogP contribution in [0.3, 0.4) is 0 Å². The number of carbonyl (C=O) groups excluding carboxylic acids is 2. The largest absolute Gasteiger partial charge is 0.486 e. The van der Waals surface area contributed by atoms with Gasteiger partial charge >= 0.3 is 0 Å². The molecule has 3 N–H and O–H groups in total. The Hall–Kier alpha value is -3.10. The molecule has 7 nitrogen and oxygen atoms in total. The van der Waals surface area contributed by atoms with Crippen molar-refractivity contribution in [3.05, 3.63) is 47.4 Å². The van der Waals surface area contributed by atoms with Crippen molar-refractivity contribution in [3.8, 4) is 5.75 Å². The maximum Gasteiger partial charge on any atom is 0.272 e. The van der Waals surface area contributed by atoms with E-state index in [4.69, 9.17) is 15.3 Å². The Bertz CT molecular complexity index is 783. The van der Waals surface area contributed by atoms with Crippen molar-refractivity contribution >= 4 is 18.0 Å². The van der Waals surface area contributed by atoms with E-state index in [0.717, 1.165) is 11.8 Å². The summed E-state index contributed by atoms with van der Waals surface area (Å²) >= 11 is 0. The standard InChI is InChI=1S/C16H18F2N4O2.C2H4O.2H2/c1-9-5-12(21-7-13(9)24-8-14(17)18)16(23)22-10(2)11-3-4-20-15(19)6-11;1-2-3;;/h3-7,10,14H,8H2,1-2H3,(H2,19,20)(H,22,23);2H,1H3;2*1H. The number of nitrogens with one attached hydrogen (secondary N) is 1. The Labute approximate surface area is 158 Å². The molecule has 0 aliphatic rings. The van der Waals surface area contributed by atoms with Crippen LogP contribution in [0.5, 0.6) is 5.75 Å². The predicted octanol–water partition coefficient (Wildman–Crippen LogP) is 3.20. The van der Waals surface area contributed by atoms with Gasteiger partial charge in [-0.25, -0.2) is 18.7 Å². The predicted molar refractivity (Wildman–Crippen MR) is 101 cm³/mol. The third-order valence-electron chi connectivity index (χ3n) is 3.31. The normalized spacial score (nSPS) is 11.2. The number of halogens is 2. The smallest absolute Gasteiger partial charge is 0.272 e. The molecule has 0 aliphatic heterocycles. The second kappa shape index (κ2) is 10.8. The summed E-state index contributed by atoms with van der Waals surface area (Å²) in [6.45, 7) is 4.19. The number of pyridine rings is 2. The van der Waals surface area contributed by atoms with E-state index in [1.807, 2.05) is 0 Å². The van der Waals surface area contributed by atoms with E-state index in [9.17, 15) is 13.6 Å². The number of aryl methyl sites for hydroxylation is 1. The lowest BCUT2D eigenvalue weighted by molar-refractivity contribution is -0.106. The van der Waals surface area contributed by atoms with Crippen molar-refractivity contribution in [3.63, 3.8) is 0 Å². The van der Waals surface area contributed by atoms with Crippen LogP contribution in [0.15, 0.2) is 30.6 Å². The van der Waals surface area contributed by atoms with E-state index in [2.05, 4.69) is 15.3 Å². The van der Waals surface area contributed by atoms with Crippen molar-refractivity contribution in [2.24, 2.45) is 0 Å². The van der Waals surface area contributed by atoms with Gasteiger partial charge in [-0.1, -0.05) is 0 Å². The highest BCUT2D eigenvalue weighted by Gasteiger charge is 2.15. The zero-order chi connectivity index (χ0) is 20.4. The van der Waals surface area contributed by atoms with Crippen LogP contribution >= 0.6 is 0 Å². The molecule has 27 heavy (non-hydrogen) atoms. The fraction of sp³-hybridized carbons (Fsp3) is 0.333.